The van der Waals surface area contributed by atoms with E-state index >= 15 is 0 Å². The Morgan fingerprint density at radius 3 is 2.76 bits per heavy atom. The Bertz CT molecular complexity index is 702. The highest BCUT2D eigenvalue weighted by Crippen LogP contribution is 2.31. The maximum atomic E-state index is 13.0. The van der Waals surface area contributed by atoms with E-state index in [1.807, 2.05) is 28.9 Å². The molecule has 4 rings (SSSR count). The zero-order chi connectivity index (χ0) is 17.6. The van der Waals surface area contributed by atoms with Crippen LogP contribution in [0.1, 0.15) is 36.8 Å². The molecule has 0 aromatic heterocycles. The van der Waals surface area contributed by atoms with Gasteiger partial charge in [-0.1, -0.05) is 12.1 Å². The van der Waals surface area contributed by atoms with Crippen molar-refractivity contribution in [3.05, 3.63) is 29.3 Å². The summed E-state index contributed by atoms with van der Waals surface area (Å²) >= 11 is 0. The summed E-state index contributed by atoms with van der Waals surface area (Å²) in [5.41, 5.74) is 3.26. The number of hydrogen-bond acceptors (Lipinski definition) is 3. The molecule has 0 aliphatic carbocycles. The summed E-state index contributed by atoms with van der Waals surface area (Å²) in [5, 5.41) is 3.61. The van der Waals surface area contributed by atoms with E-state index < -0.39 is 0 Å². The Hall–Kier alpha value is -1.88. The van der Waals surface area contributed by atoms with Crippen LogP contribution in [0.25, 0.3) is 0 Å². The fourth-order valence-electron chi connectivity index (χ4n) is 4.54. The predicted octanol–water partition coefficient (Wildman–Crippen LogP) is 2.01. The number of anilines is 1. The van der Waals surface area contributed by atoms with Crippen molar-refractivity contribution in [2.24, 2.45) is 5.92 Å². The van der Waals surface area contributed by atoms with Crippen LogP contribution in [0.3, 0.4) is 0 Å². The van der Waals surface area contributed by atoms with Crippen molar-refractivity contribution in [3.63, 3.8) is 0 Å². The third kappa shape index (κ3) is 3.06. The van der Waals surface area contributed by atoms with E-state index in [2.05, 4.69) is 18.3 Å². The number of benzene rings is 1. The molecule has 1 N–H and O–H groups in total. The van der Waals surface area contributed by atoms with Gasteiger partial charge in [0.1, 0.15) is 0 Å². The van der Waals surface area contributed by atoms with Crippen LogP contribution in [-0.4, -0.2) is 48.4 Å². The minimum Gasteiger partial charge on any atom is -0.341 e. The molecule has 1 aromatic rings. The van der Waals surface area contributed by atoms with Crippen LogP contribution >= 0.6 is 0 Å². The van der Waals surface area contributed by atoms with Gasteiger partial charge in [0.25, 0.3) is 0 Å². The van der Waals surface area contributed by atoms with Crippen LogP contribution in [0.15, 0.2) is 18.2 Å². The summed E-state index contributed by atoms with van der Waals surface area (Å²) in [4.78, 5) is 29.4. The second-order valence-electron chi connectivity index (χ2n) is 7.84. The Morgan fingerprint density at radius 2 is 1.92 bits per heavy atom. The van der Waals surface area contributed by atoms with Gasteiger partial charge in [0, 0.05) is 43.8 Å². The van der Waals surface area contributed by atoms with E-state index in [-0.39, 0.29) is 17.7 Å². The van der Waals surface area contributed by atoms with Crippen LogP contribution in [0, 0.1) is 19.8 Å². The average Bonchev–Trinajstić information content (AvgIpc) is 3.12. The molecule has 25 heavy (non-hydrogen) atoms. The summed E-state index contributed by atoms with van der Waals surface area (Å²) in [6.45, 7) is 6.23. The van der Waals surface area contributed by atoms with E-state index in [9.17, 15) is 9.59 Å². The first-order chi connectivity index (χ1) is 12.0. The lowest BCUT2D eigenvalue weighted by Gasteiger charge is -2.27. The topological polar surface area (TPSA) is 52.7 Å². The molecule has 3 atom stereocenters. The summed E-state index contributed by atoms with van der Waals surface area (Å²) in [7, 11) is 0. The molecule has 1 aromatic carbocycles. The van der Waals surface area contributed by atoms with Gasteiger partial charge in [0.15, 0.2) is 0 Å². The number of amides is 2. The first-order valence-electron chi connectivity index (χ1n) is 9.44. The number of rotatable bonds is 2. The maximum absolute atomic E-state index is 13.0. The van der Waals surface area contributed by atoms with Gasteiger partial charge in [-0.2, -0.15) is 0 Å². The van der Waals surface area contributed by atoms with Gasteiger partial charge in [-0.25, -0.2) is 0 Å². The first-order valence-corrected chi connectivity index (χ1v) is 9.44. The molecule has 3 fully saturated rings. The van der Waals surface area contributed by atoms with E-state index in [0.29, 0.717) is 25.0 Å². The Labute approximate surface area is 149 Å². The molecule has 3 saturated heterocycles. The van der Waals surface area contributed by atoms with Crippen molar-refractivity contribution in [3.8, 4) is 0 Å². The number of likely N-dealkylation sites (tertiary alicyclic amines) is 1. The van der Waals surface area contributed by atoms with Crippen molar-refractivity contribution < 1.29 is 9.59 Å². The van der Waals surface area contributed by atoms with Gasteiger partial charge in [-0.3, -0.25) is 9.59 Å². The van der Waals surface area contributed by atoms with Crippen molar-refractivity contribution in [1.82, 2.24) is 10.2 Å². The summed E-state index contributed by atoms with van der Waals surface area (Å²) < 4.78 is 0. The van der Waals surface area contributed by atoms with E-state index in [0.717, 1.165) is 37.2 Å². The molecular formula is C20H27N3O2. The zero-order valence-corrected chi connectivity index (χ0v) is 15.1. The lowest BCUT2D eigenvalue weighted by molar-refractivity contribution is -0.136. The van der Waals surface area contributed by atoms with Crippen LogP contribution in [0.5, 0.6) is 0 Å². The Balaban J connectivity index is 1.48. The number of carbonyl (C=O) groups is 2. The average molecular weight is 341 g/mol. The largest absolute Gasteiger partial charge is 0.341 e. The van der Waals surface area contributed by atoms with Crippen LogP contribution in [0.4, 0.5) is 5.69 Å². The molecule has 2 amide bonds. The lowest BCUT2D eigenvalue weighted by atomic mass is 10.0. The normalized spacial score (nSPS) is 29.2. The molecule has 3 aliphatic heterocycles. The molecule has 3 aliphatic rings. The Morgan fingerprint density at radius 1 is 1.12 bits per heavy atom. The molecule has 2 bridgehead atoms. The second-order valence-corrected chi connectivity index (χ2v) is 7.84. The molecule has 3 heterocycles. The van der Waals surface area contributed by atoms with Gasteiger partial charge in [-0.15, -0.1) is 0 Å². The summed E-state index contributed by atoms with van der Waals surface area (Å²) in [6.07, 6.45) is 3.76. The molecule has 5 nitrogen and oxygen atoms in total. The second kappa shape index (κ2) is 6.45. The van der Waals surface area contributed by atoms with Gasteiger partial charge >= 0.3 is 0 Å². The highest BCUT2D eigenvalue weighted by molar-refractivity contribution is 6.01. The highest BCUT2D eigenvalue weighted by Gasteiger charge is 2.39. The van der Waals surface area contributed by atoms with Crippen LogP contribution in [-0.2, 0) is 9.59 Å². The zero-order valence-electron chi connectivity index (χ0n) is 15.1. The number of nitrogens with zero attached hydrogens (tertiary/aromatic N) is 2. The van der Waals surface area contributed by atoms with Crippen molar-refractivity contribution in [2.45, 2.75) is 51.6 Å². The quantitative estimate of drug-likeness (QED) is 0.895. The standard InChI is InChI=1S/C20H27N3O2/c1-13-4-3-5-18(14(13)2)23-11-15(10-19(23)24)20(25)22-9-8-16-6-7-17(12-22)21-16/h3-5,15-17,21H,6-12H2,1-2H3. The van der Waals surface area contributed by atoms with Gasteiger partial charge < -0.3 is 15.1 Å². The lowest BCUT2D eigenvalue weighted by Crippen LogP contribution is -2.42. The third-order valence-corrected chi connectivity index (χ3v) is 6.18. The van der Waals surface area contributed by atoms with Crippen molar-refractivity contribution in [1.29, 1.82) is 0 Å². The van der Waals surface area contributed by atoms with E-state index in [4.69, 9.17) is 0 Å². The molecule has 0 saturated carbocycles. The first kappa shape index (κ1) is 16.6. The van der Waals surface area contributed by atoms with Gasteiger partial charge in [0.2, 0.25) is 11.8 Å². The van der Waals surface area contributed by atoms with E-state index in [1.54, 1.807) is 0 Å². The minimum atomic E-state index is -0.205. The minimum absolute atomic E-state index is 0.0708. The number of hydrogen-bond donors (Lipinski definition) is 1. The van der Waals surface area contributed by atoms with Gasteiger partial charge in [-0.05, 0) is 50.3 Å². The third-order valence-electron chi connectivity index (χ3n) is 6.18. The number of carbonyl (C=O) groups excluding carboxylic acids is 2. The number of nitrogens with one attached hydrogen (secondary N) is 1. The van der Waals surface area contributed by atoms with Crippen molar-refractivity contribution in [2.75, 3.05) is 24.5 Å². The summed E-state index contributed by atoms with van der Waals surface area (Å²) in [6, 6.07) is 7.03. The Kier molecular flexibility index (Phi) is 4.28. The molecule has 0 radical (unpaired) electrons. The SMILES string of the molecule is Cc1cccc(N2CC(C(=O)N3CCC4CCC(C3)N4)CC2=O)c1C. The van der Waals surface area contributed by atoms with Crippen LogP contribution in [0.2, 0.25) is 0 Å². The molecule has 3 unspecified atom stereocenters. The molecule has 134 valence electrons. The van der Waals surface area contributed by atoms with Crippen LogP contribution < -0.4 is 10.2 Å². The fraction of sp³-hybridized carbons (Fsp3) is 0.600. The smallest absolute Gasteiger partial charge is 0.228 e. The monoisotopic (exact) mass is 341 g/mol. The van der Waals surface area contributed by atoms with Gasteiger partial charge in [0.05, 0.1) is 5.92 Å². The molecule has 5 heteroatoms. The molecule has 0 spiro atoms. The predicted molar refractivity (Wildman–Crippen MR) is 97.5 cm³/mol. The maximum Gasteiger partial charge on any atom is 0.228 e. The fourth-order valence-corrected chi connectivity index (χ4v) is 4.54. The highest BCUT2D eigenvalue weighted by atomic mass is 16.2. The number of fused-ring (bicyclic) bond motifs is 2. The van der Waals surface area contributed by atoms with Crippen molar-refractivity contribution >= 4 is 17.5 Å². The molecular weight excluding hydrogens is 314 g/mol. The number of aryl methyl sites for hydroxylation is 1. The summed E-state index contributed by atoms with van der Waals surface area (Å²) in [5.74, 6) is 0.0288. The van der Waals surface area contributed by atoms with E-state index in [1.165, 1.54) is 12.0 Å².